The lowest BCUT2D eigenvalue weighted by molar-refractivity contribution is -0.00210. The maximum Gasteiger partial charge on any atom is 0.253 e. The summed E-state index contributed by atoms with van der Waals surface area (Å²) in [5, 5.41) is 3.18. The van der Waals surface area contributed by atoms with Crippen LogP contribution in [0.3, 0.4) is 0 Å². The van der Waals surface area contributed by atoms with Gasteiger partial charge in [0.1, 0.15) is 11.4 Å². The third-order valence-electron chi connectivity index (χ3n) is 5.62. The van der Waals surface area contributed by atoms with Crippen molar-refractivity contribution in [2.24, 2.45) is 7.05 Å². The molecule has 2 heterocycles. The molecule has 0 bridgehead atoms. The molecule has 5 nitrogen and oxygen atoms in total. The Kier molecular flexibility index (Phi) is 4.31. The third kappa shape index (κ3) is 3.14. The lowest BCUT2D eigenvalue weighted by atomic mass is 9.77. The number of benzene rings is 1. The summed E-state index contributed by atoms with van der Waals surface area (Å²) in [5.41, 5.74) is 1.23. The van der Waals surface area contributed by atoms with Crippen molar-refractivity contribution in [3.05, 3.63) is 64.1 Å². The summed E-state index contributed by atoms with van der Waals surface area (Å²) < 4.78 is 7.84. The first-order valence-corrected chi connectivity index (χ1v) is 9.32. The van der Waals surface area contributed by atoms with Crippen molar-refractivity contribution in [2.45, 2.75) is 50.2 Å². The molecule has 1 atom stereocenters. The second kappa shape index (κ2) is 6.63. The number of amides is 1. The Balaban J connectivity index is 1.62. The van der Waals surface area contributed by atoms with Crippen molar-refractivity contribution in [3.63, 3.8) is 0 Å². The minimum Gasteiger partial charge on any atom is -0.487 e. The van der Waals surface area contributed by atoms with E-state index >= 15 is 0 Å². The van der Waals surface area contributed by atoms with Gasteiger partial charge in [-0.1, -0.05) is 24.6 Å². The molecular weight excluding hydrogens is 328 g/mol. The molecule has 2 aromatic rings. The SMILES string of the molecule is Cn1cc(C(=O)NC2CC3(CCCCC3)Oc3ccccc32)ccc1=O. The first-order chi connectivity index (χ1) is 12.6. The minimum atomic E-state index is -0.173. The van der Waals surface area contributed by atoms with E-state index in [1.54, 1.807) is 19.3 Å². The van der Waals surface area contributed by atoms with E-state index in [4.69, 9.17) is 4.74 Å². The van der Waals surface area contributed by atoms with E-state index in [-0.39, 0.29) is 23.1 Å². The Morgan fingerprint density at radius 1 is 1.15 bits per heavy atom. The van der Waals surface area contributed by atoms with Gasteiger partial charge in [-0.2, -0.15) is 0 Å². The quantitative estimate of drug-likeness (QED) is 0.902. The van der Waals surface area contributed by atoms with Gasteiger partial charge < -0.3 is 14.6 Å². The standard InChI is InChI=1S/C21H24N2O3/c1-23-14-15(9-10-19(23)24)20(25)22-17-13-21(11-5-2-6-12-21)26-18-8-4-3-7-16(17)18/h3-4,7-10,14,17H,2,5-6,11-13H2,1H3,(H,22,25). The summed E-state index contributed by atoms with van der Waals surface area (Å²) in [4.78, 5) is 24.4. The van der Waals surface area contributed by atoms with Crippen LogP contribution in [0.25, 0.3) is 0 Å². The highest BCUT2D eigenvalue weighted by molar-refractivity contribution is 5.94. The minimum absolute atomic E-state index is 0.0808. The maximum absolute atomic E-state index is 12.8. The molecule has 2 aliphatic rings. The van der Waals surface area contributed by atoms with Gasteiger partial charge in [0.05, 0.1) is 11.6 Å². The molecule has 1 amide bonds. The molecule has 1 saturated carbocycles. The van der Waals surface area contributed by atoms with Crippen LogP contribution in [0.4, 0.5) is 0 Å². The molecule has 5 heteroatoms. The summed E-state index contributed by atoms with van der Waals surface area (Å²) in [5.74, 6) is 0.722. The Morgan fingerprint density at radius 3 is 2.69 bits per heavy atom. The van der Waals surface area contributed by atoms with Crippen LogP contribution < -0.4 is 15.6 Å². The fraction of sp³-hybridized carbons (Fsp3) is 0.429. The summed E-state index contributed by atoms with van der Waals surface area (Å²) in [6.45, 7) is 0. The van der Waals surface area contributed by atoms with Crippen molar-refractivity contribution in [1.29, 1.82) is 0 Å². The lowest BCUT2D eigenvalue weighted by Crippen LogP contribution is -2.46. The van der Waals surface area contributed by atoms with Gasteiger partial charge in [0.25, 0.3) is 5.91 Å². The molecule has 4 rings (SSSR count). The number of nitrogens with one attached hydrogen (secondary N) is 1. The molecule has 1 aliphatic carbocycles. The van der Waals surface area contributed by atoms with Gasteiger partial charge in [-0.3, -0.25) is 9.59 Å². The van der Waals surface area contributed by atoms with E-state index in [2.05, 4.69) is 5.32 Å². The van der Waals surface area contributed by atoms with E-state index in [0.29, 0.717) is 5.56 Å². The highest BCUT2D eigenvalue weighted by Crippen LogP contribution is 2.46. The molecule has 1 fully saturated rings. The fourth-order valence-corrected chi connectivity index (χ4v) is 4.22. The number of nitrogens with zero attached hydrogens (tertiary/aromatic N) is 1. The predicted molar refractivity (Wildman–Crippen MR) is 99.4 cm³/mol. The fourth-order valence-electron chi connectivity index (χ4n) is 4.22. The number of para-hydroxylation sites is 1. The van der Waals surface area contributed by atoms with E-state index in [1.807, 2.05) is 24.3 Å². The van der Waals surface area contributed by atoms with Crippen molar-refractivity contribution in [3.8, 4) is 5.75 Å². The molecule has 1 N–H and O–H groups in total. The van der Waals surface area contributed by atoms with E-state index in [1.165, 1.54) is 29.9 Å². The van der Waals surface area contributed by atoms with Crippen LogP contribution >= 0.6 is 0 Å². The number of aryl methyl sites for hydroxylation is 1. The topological polar surface area (TPSA) is 60.3 Å². The Hall–Kier alpha value is -2.56. The summed E-state index contributed by atoms with van der Waals surface area (Å²) in [6, 6.07) is 10.9. The van der Waals surface area contributed by atoms with Gasteiger partial charge in [0, 0.05) is 31.3 Å². The summed E-state index contributed by atoms with van der Waals surface area (Å²) in [6.07, 6.45) is 8.04. The van der Waals surface area contributed by atoms with Gasteiger partial charge in [-0.25, -0.2) is 0 Å². The van der Waals surface area contributed by atoms with Crippen molar-refractivity contribution < 1.29 is 9.53 Å². The zero-order chi connectivity index (χ0) is 18.1. The average Bonchev–Trinajstić information content (AvgIpc) is 2.64. The first kappa shape index (κ1) is 16.9. The number of aromatic nitrogens is 1. The molecule has 0 radical (unpaired) electrons. The lowest BCUT2D eigenvalue weighted by Gasteiger charge is -2.44. The van der Waals surface area contributed by atoms with E-state index < -0.39 is 0 Å². The maximum atomic E-state index is 12.8. The number of hydrogen-bond acceptors (Lipinski definition) is 3. The van der Waals surface area contributed by atoms with Crippen LogP contribution in [0.15, 0.2) is 47.4 Å². The summed E-state index contributed by atoms with van der Waals surface area (Å²) >= 11 is 0. The van der Waals surface area contributed by atoms with E-state index in [9.17, 15) is 9.59 Å². The highest BCUT2D eigenvalue weighted by Gasteiger charge is 2.42. The summed E-state index contributed by atoms with van der Waals surface area (Å²) in [7, 11) is 1.65. The Labute approximate surface area is 153 Å². The van der Waals surface area contributed by atoms with Crippen LogP contribution in [0, 0.1) is 0 Å². The highest BCUT2D eigenvalue weighted by atomic mass is 16.5. The normalized spacial score (nSPS) is 20.9. The molecular formula is C21H24N2O3. The zero-order valence-corrected chi connectivity index (χ0v) is 15.0. The number of carbonyl (C=O) groups excluding carboxylic acids is 1. The Morgan fingerprint density at radius 2 is 1.92 bits per heavy atom. The van der Waals surface area contributed by atoms with Gasteiger partial charge in [0.2, 0.25) is 5.56 Å². The molecule has 1 aromatic carbocycles. The average molecular weight is 352 g/mol. The Bertz CT molecular complexity index is 881. The molecule has 1 aliphatic heterocycles. The van der Waals surface area contributed by atoms with Crippen molar-refractivity contribution >= 4 is 5.91 Å². The number of ether oxygens (including phenoxy) is 1. The van der Waals surface area contributed by atoms with Crippen molar-refractivity contribution in [1.82, 2.24) is 9.88 Å². The van der Waals surface area contributed by atoms with Crippen LogP contribution in [-0.4, -0.2) is 16.1 Å². The predicted octanol–water partition coefficient (Wildman–Crippen LogP) is 3.34. The second-order valence-corrected chi connectivity index (χ2v) is 7.48. The number of rotatable bonds is 2. The number of carbonyl (C=O) groups is 1. The third-order valence-corrected chi connectivity index (χ3v) is 5.62. The van der Waals surface area contributed by atoms with Gasteiger partial charge in [-0.15, -0.1) is 0 Å². The number of fused-ring (bicyclic) bond motifs is 1. The van der Waals surface area contributed by atoms with Crippen LogP contribution in [0.1, 0.15) is 60.5 Å². The van der Waals surface area contributed by atoms with Gasteiger partial charge in [-0.05, 0) is 37.8 Å². The monoisotopic (exact) mass is 352 g/mol. The van der Waals surface area contributed by atoms with Crippen LogP contribution in [0.5, 0.6) is 5.75 Å². The molecule has 26 heavy (non-hydrogen) atoms. The number of hydrogen-bond donors (Lipinski definition) is 1. The molecule has 0 saturated heterocycles. The van der Waals surface area contributed by atoms with Gasteiger partial charge >= 0.3 is 0 Å². The van der Waals surface area contributed by atoms with Crippen molar-refractivity contribution in [2.75, 3.05) is 0 Å². The molecule has 1 spiro atoms. The molecule has 1 unspecified atom stereocenters. The molecule has 1 aromatic heterocycles. The number of pyridine rings is 1. The van der Waals surface area contributed by atoms with Crippen LogP contribution in [-0.2, 0) is 7.05 Å². The van der Waals surface area contributed by atoms with Gasteiger partial charge in [0.15, 0.2) is 0 Å². The second-order valence-electron chi connectivity index (χ2n) is 7.48. The van der Waals surface area contributed by atoms with Crippen LogP contribution in [0.2, 0.25) is 0 Å². The zero-order valence-electron chi connectivity index (χ0n) is 15.0. The molecule has 136 valence electrons. The smallest absolute Gasteiger partial charge is 0.253 e. The van der Waals surface area contributed by atoms with E-state index in [0.717, 1.165) is 30.6 Å². The first-order valence-electron chi connectivity index (χ1n) is 9.32. The largest absolute Gasteiger partial charge is 0.487 e.